The van der Waals surface area contributed by atoms with Gasteiger partial charge in [-0.1, -0.05) is 0 Å². The molecule has 18 heteroatoms. The number of rotatable bonds is 7. The molecule has 0 spiro atoms. The standard InChI is InChI=1S/C11H17N4O11P3/c16-8-7(2-25-29(23,24)28(21,22)5-27(18,19)20)26-11(9(8)17)15-4-14-6-1-12-3-13-10(6)15/h1,3-4,7-9,11,16-17H,2,5H2,(H,21,22)(H,23,24)(H2,18,19,20)/t7-,8-,9-,11-/m1/s1. The average Bonchev–Trinajstić information content (AvgIpc) is 3.13. The zero-order chi connectivity index (χ0) is 21.6. The van der Waals surface area contributed by atoms with Crippen LogP contribution in [0.2, 0.25) is 0 Å². The van der Waals surface area contributed by atoms with Crippen molar-refractivity contribution in [1.29, 1.82) is 0 Å². The summed E-state index contributed by atoms with van der Waals surface area (Å²) >= 11 is 0. The maximum atomic E-state index is 12.0. The summed E-state index contributed by atoms with van der Waals surface area (Å²) in [6, 6.07) is 0. The molecule has 29 heavy (non-hydrogen) atoms. The van der Waals surface area contributed by atoms with Crippen LogP contribution in [0.15, 0.2) is 18.9 Å². The summed E-state index contributed by atoms with van der Waals surface area (Å²) in [5, 5.41) is 20.4. The second kappa shape index (κ2) is 7.88. The fourth-order valence-electron chi connectivity index (χ4n) is 2.65. The summed E-state index contributed by atoms with van der Waals surface area (Å²) < 4.78 is 45.9. The first-order chi connectivity index (χ1) is 13.3. The molecule has 6 atom stereocenters. The summed E-state index contributed by atoms with van der Waals surface area (Å²) in [6.45, 7) is -0.921. The zero-order valence-corrected chi connectivity index (χ0v) is 17.0. The van der Waals surface area contributed by atoms with Crippen LogP contribution in [0, 0.1) is 0 Å². The highest BCUT2D eigenvalue weighted by atomic mass is 32.1. The van der Waals surface area contributed by atoms with Gasteiger partial charge in [0, 0.05) is 0 Å². The SMILES string of the molecule is O=P(O)(O)CP(=O)(O)P(=O)(O)OC[C@H]1O[C@@H](n2cnc3cncnc32)[C@H](O)[C@@H]1O. The third kappa shape index (κ3) is 4.66. The number of fused-ring (bicyclic) bond motifs is 1. The quantitative estimate of drug-likeness (QED) is 0.263. The summed E-state index contributed by atoms with van der Waals surface area (Å²) in [6.07, 6.45) is -1.90. The monoisotopic (exact) mass is 474 g/mol. The van der Waals surface area contributed by atoms with E-state index < -0.39 is 59.0 Å². The highest BCUT2D eigenvalue weighted by molar-refractivity contribution is 8.30. The van der Waals surface area contributed by atoms with Crippen molar-refractivity contribution in [3.05, 3.63) is 18.9 Å². The fraction of sp³-hybridized carbons (Fsp3) is 0.545. The van der Waals surface area contributed by atoms with E-state index in [0.717, 1.165) is 0 Å². The van der Waals surface area contributed by atoms with Gasteiger partial charge in [-0.05, 0) is 0 Å². The Morgan fingerprint density at radius 1 is 1.10 bits per heavy atom. The minimum absolute atomic E-state index is 0.271. The lowest BCUT2D eigenvalue weighted by molar-refractivity contribution is -0.0480. The highest BCUT2D eigenvalue weighted by Gasteiger charge is 2.50. The Kier molecular flexibility index (Phi) is 6.14. The van der Waals surface area contributed by atoms with Crippen molar-refractivity contribution in [2.75, 3.05) is 12.5 Å². The molecular weight excluding hydrogens is 457 g/mol. The predicted octanol–water partition coefficient (Wildman–Crippen LogP) is -1.03. The largest absolute Gasteiger partial charge is 0.410 e. The second-order valence-electron chi connectivity index (χ2n) is 6.19. The van der Waals surface area contributed by atoms with Crippen LogP contribution in [-0.4, -0.2) is 80.1 Å². The normalized spacial score (nSPS) is 29.6. The number of nitrogens with zero attached hydrogens (tertiary/aromatic N) is 4. The fourth-order valence-corrected chi connectivity index (χ4v) is 9.39. The summed E-state index contributed by atoms with van der Waals surface area (Å²) in [5.41, 5.74) is 0.642. The molecule has 0 aliphatic carbocycles. The Labute approximate surface area is 162 Å². The molecular formula is C11H17N4O11P3. The molecule has 2 aromatic heterocycles. The first-order valence-corrected chi connectivity index (χ1v) is 13.7. The van der Waals surface area contributed by atoms with Crippen molar-refractivity contribution < 1.29 is 52.7 Å². The minimum Gasteiger partial charge on any atom is -0.387 e. The first kappa shape index (κ1) is 22.6. The lowest BCUT2D eigenvalue weighted by Crippen LogP contribution is -2.33. The Hall–Kier alpha value is -1.08. The predicted molar refractivity (Wildman–Crippen MR) is 93.8 cm³/mol. The molecule has 6 N–H and O–H groups in total. The van der Waals surface area contributed by atoms with E-state index in [1.165, 1.54) is 23.4 Å². The van der Waals surface area contributed by atoms with Crippen LogP contribution in [0.25, 0.3) is 11.2 Å². The van der Waals surface area contributed by atoms with E-state index in [2.05, 4.69) is 19.5 Å². The van der Waals surface area contributed by atoms with E-state index >= 15 is 0 Å². The molecule has 1 fully saturated rings. The molecule has 1 saturated heterocycles. The van der Waals surface area contributed by atoms with Crippen LogP contribution in [0.1, 0.15) is 6.23 Å². The molecule has 2 aromatic rings. The third-order valence-corrected chi connectivity index (χ3v) is 12.1. The van der Waals surface area contributed by atoms with Gasteiger partial charge in [0.05, 0.1) is 19.1 Å². The number of aliphatic hydroxyl groups is 2. The van der Waals surface area contributed by atoms with E-state index in [9.17, 15) is 33.7 Å². The minimum atomic E-state index is -5.40. The first-order valence-electron chi connectivity index (χ1n) is 7.81. The molecule has 3 heterocycles. The molecule has 0 bridgehead atoms. The second-order valence-corrected chi connectivity index (χ2v) is 14.6. The van der Waals surface area contributed by atoms with Crippen LogP contribution < -0.4 is 0 Å². The van der Waals surface area contributed by atoms with E-state index in [0.29, 0.717) is 5.52 Å². The molecule has 2 unspecified atom stereocenters. The van der Waals surface area contributed by atoms with Crippen LogP contribution in [0.5, 0.6) is 0 Å². The Morgan fingerprint density at radius 3 is 2.45 bits per heavy atom. The average molecular weight is 474 g/mol. The van der Waals surface area contributed by atoms with Gasteiger partial charge in [-0.15, -0.1) is 0 Å². The van der Waals surface area contributed by atoms with Gasteiger partial charge in [0.2, 0.25) is 0 Å². The van der Waals surface area contributed by atoms with Crippen molar-refractivity contribution in [2.24, 2.45) is 0 Å². The molecule has 0 radical (unpaired) electrons. The molecule has 3 rings (SSSR count). The summed E-state index contributed by atoms with van der Waals surface area (Å²) in [4.78, 5) is 48.5. The van der Waals surface area contributed by atoms with Gasteiger partial charge in [0.25, 0.3) is 0 Å². The number of aliphatic hydroxyl groups excluding tert-OH is 2. The topological polar surface area (TPSA) is 235 Å². The third-order valence-electron chi connectivity index (χ3n) is 4.02. The van der Waals surface area contributed by atoms with Gasteiger partial charge in [0.15, 0.2) is 11.9 Å². The number of ether oxygens (including phenoxy) is 1. The van der Waals surface area contributed by atoms with Crippen LogP contribution in [0.4, 0.5) is 0 Å². The van der Waals surface area contributed by atoms with E-state index in [1.54, 1.807) is 0 Å². The number of hydrogen-bond donors (Lipinski definition) is 6. The highest BCUT2D eigenvalue weighted by Crippen LogP contribution is 2.80. The summed E-state index contributed by atoms with van der Waals surface area (Å²) in [5.74, 6) is -1.76. The Bertz CT molecular complexity index is 1040. The zero-order valence-electron chi connectivity index (χ0n) is 14.3. The molecule has 0 saturated carbocycles. The van der Waals surface area contributed by atoms with Gasteiger partial charge in [0.1, 0.15) is 36.1 Å². The van der Waals surface area contributed by atoms with Crippen molar-refractivity contribution in [1.82, 2.24) is 19.5 Å². The molecule has 0 amide bonds. The Balaban J connectivity index is 1.73. The van der Waals surface area contributed by atoms with E-state index in [-0.39, 0.29) is 5.65 Å². The van der Waals surface area contributed by atoms with Gasteiger partial charge in [-0.3, -0.25) is 18.2 Å². The van der Waals surface area contributed by atoms with Gasteiger partial charge in [-0.25, -0.2) is 19.5 Å². The van der Waals surface area contributed by atoms with Gasteiger partial charge in [-0.2, -0.15) is 0 Å². The van der Waals surface area contributed by atoms with Crippen LogP contribution >= 0.6 is 21.9 Å². The maximum absolute atomic E-state index is 12.0. The summed E-state index contributed by atoms with van der Waals surface area (Å²) in [7, 11) is -15.8. The number of hydrogen-bond acceptors (Lipinski definition) is 10. The molecule has 1 aliphatic heterocycles. The van der Waals surface area contributed by atoms with Crippen molar-refractivity contribution in [3.8, 4) is 0 Å². The van der Waals surface area contributed by atoms with Crippen molar-refractivity contribution >= 4 is 33.1 Å². The van der Waals surface area contributed by atoms with E-state index in [4.69, 9.17) is 14.5 Å². The number of aromatic nitrogens is 4. The lowest BCUT2D eigenvalue weighted by Gasteiger charge is -2.21. The van der Waals surface area contributed by atoms with Gasteiger partial charge >= 0.3 is 21.9 Å². The number of imidazole rings is 1. The van der Waals surface area contributed by atoms with Crippen molar-refractivity contribution in [2.45, 2.75) is 24.5 Å². The molecule has 1 aliphatic rings. The van der Waals surface area contributed by atoms with Crippen LogP contribution in [0.3, 0.4) is 0 Å². The molecule has 0 aromatic carbocycles. The smallest absolute Gasteiger partial charge is 0.387 e. The van der Waals surface area contributed by atoms with Crippen molar-refractivity contribution in [3.63, 3.8) is 0 Å². The molecule has 15 nitrogen and oxygen atoms in total. The van der Waals surface area contributed by atoms with E-state index in [1.807, 2.05) is 0 Å². The lowest BCUT2D eigenvalue weighted by atomic mass is 10.1. The maximum Gasteiger partial charge on any atom is 0.410 e. The Morgan fingerprint density at radius 2 is 1.79 bits per heavy atom. The van der Waals surface area contributed by atoms with Gasteiger partial charge < -0.3 is 34.5 Å². The van der Waals surface area contributed by atoms with Crippen LogP contribution in [-0.2, 0) is 23.0 Å². The molecule has 162 valence electrons.